The average molecular weight is 336 g/mol. The van der Waals surface area contributed by atoms with Crippen molar-refractivity contribution in [3.63, 3.8) is 0 Å². The van der Waals surface area contributed by atoms with Gasteiger partial charge in [0.1, 0.15) is 0 Å². The first-order chi connectivity index (χ1) is 12.3. The summed E-state index contributed by atoms with van der Waals surface area (Å²) in [6.07, 6.45) is 3.54. The van der Waals surface area contributed by atoms with Crippen LogP contribution in [-0.2, 0) is 13.1 Å². The number of aromatic nitrogens is 4. The van der Waals surface area contributed by atoms with Crippen molar-refractivity contribution in [1.29, 1.82) is 0 Å². The van der Waals surface area contributed by atoms with Gasteiger partial charge in [0.05, 0.1) is 6.61 Å². The number of ether oxygens (including phenoxy) is 1. The van der Waals surface area contributed by atoms with Crippen molar-refractivity contribution in [1.82, 2.24) is 19.9 Å². The van der Waals surface area contributed by atoms with Crippen LogP contribution in [0.25, 0.3) is 0 Å². The number of hydrogen-bond donors (Lipinski definition) is 2. The van der Waals surface area contributed by atoms with Crippen LogP contribution in [0, 0.1) is 0 Å². The Labute approximate surface area is 146 Å². The van der Waals surface area contributed by atoms with E-state index < -0.39 is 0 Å². The fraction of sp³-hybridized carbons (Fsp3) is 0.222. The van der Waals surface area contributed by atoms with Crippen LogP contribution in [0.1, 0.15) is 18.1 Å². The van der Waals surface area contributed by atoms with Crippen LogP contribution in [0.5, 0.6) is 6.01 Å². The van der Waals surface area contributed by atoms with Crippen LogP contribution >= 0.6 is 0 Å². The summed E-state index contributed by atoms with van der Waals surface area (Å²) < 4.78 is 5.44. The second-order valence-electron chi connectivity index (χ2n) is 5.25. The van der Waals surface area contributed by atoms with Gasteiger partial charge in [0.15, 0.2) is 0 Å². The third-order valence-electron chi connectivity index (χ3n) is 3.36. The molecular weight excluding hydrogens is 316 g/mol. The Morgan fingerprint density at radius 2 is 1.52 bits per heavy atom. The predicted molar refractivity (Wildman–Crippen MR) is 96.3 cm³/mol. The molecule has 0 saturated carbocycles. The van der Waals surface area contributed by atoms with Gasteiger partial charge in [0, 0.05) is 25.5 Å². The van der Waals surface area contributed by atoms with Crippen LogP contribution in [0.3, 0.4) is 0 Å². The number of benzene rings is 1. The molecule has 7 heteroatoms. The van der Waals surface area contributed by atoms with Gasteiger partial charge in [0.25, 0.3) is 0 Å². The van der Waals surface area contributed by atoms with Gasteiger partial charge < -0.3 is 15.4 Å². The normalized spacial score (nSPS) is 10.3. The number of nitrogens with one attached hydrogen (secondary N) is 2. The predicted octanol–water partition coefficient (Wildman–Crippen LogP) is 2.89. The third kappa shape index (κ3) is 5.13. The maximum absolute atomic E-state index is 5.44. The fourth-order valence-corrected chi connectivity index (χ4v) is 2.17. The molecule has 0 saturated heterocycles. The lowest BCUT2D eigenvalue weighted by molar-refractivity contribution is 0.312. The Hall–Kier alpha value is -3.22. The summed E-state index contributed by atoms with van der Waals surface area (Å²) in [5, 5.41) is 6.38. The monoisotopic (exact) mass is 336 g/mol. The van der Waals surface area contributed by atoms with E-state index in [0.717, 1.165) is 11.1 Å². The van der Waals surface area contributed by atoms with E-state index in [9.17, 15) is 0 Å². The van der Waals surface area contributed by atoms with Crippen molar-refractivity contribution < 1.29 is 4.74 Å². The lowest BCUT2D eigenvalue weighted by atomic mass is 10.2. The molecular formula is C18H20N6O. The Balaban J connectivity index is 1.70. The molecule has 7 nitrogen and oxygen atoms in total. The topological polar surface area (TPSA) is 84.9 Å². The van der Waals surface area contributed by atoms with Crippen molar-refractivity contribution in [3.8, 4) is 6.01 Å². The van der Waals surface area contributed by atoms with Gasteiger partial charge in [-0.1, -0.05) is 36.4 Å². The number of anilines is 2. The summed E-state index contributed by atoms with van der Waals surface area (Å²) in [6.45, 7) is 3.58. The molecule has 128 valence electrons. The highest BCUT2D eigenvalue weighted by atomic mass is 16.5. The molecule has 25 heavy (non-hydrogen) atoms. The second kappa shape index (κ2) is 8.58. The highest BCUT2D eigenvalue weighted by Gasteiger charge is 2.07. The molecule has 0 amide bonds. The van der Waals surface area contributed by atoms with E-state index in [1.165, 1.54) is 0 Å². The maximum atomic E-state index is 5.44. The molecule has 0 bridgehead atoms. The molecule has 0 unspecified atom stereocenters. The Bertz CT molecular complexity index is 720. The molecule has 0 aliphatic heterocycles. The van der Waals surface area contributed by atoms with Crippen LogP contribution in [0.4, 0.5) is 11.9 Å². The van der Waals surface area contributed by atoms with Gasteiger partial charge in [-0.3, -0.25) is 4.98 Å². The highest BCUT2D eigenvalue weighted by molar-refractivity contribution is 5.37. The minimum Gasteiger partial charge on any atom is -0.464 e. The molecule has 0 fully saturated rings. The lowest BCUT2D eigenvalue weighted by Gasteiger charge is -2.10. The SMILES string of the molecule is CCOc1nc(NCc2ccccc2)nc(NCc2cccnc2)n1. The number of nitrogens with zero attached hydrogens (tertiary/aromatic N) is 4. The molecule has 3 aromatic rings. The first-order valence-electron chi connectivity index (χ1n) is 8.13. The highest BCUT2D eigenvalue weighted by Crippen LogP contribution is 2.13. The third-order valence-corrected chi connectivity index (χ3v) is 3.36. The van der Waals surface area contributed by atoms with Crippen molar-refractivity contribution in [2.45, 2.75) is 20.0 Å². The summed E-state index contributed by atoms with van der Waals surface area (Å²) in [4.78, 5) is 17.1. The zero-order valence-corrected chi connectivity index (χ0v) is 14.0. The van der Waals surface area contributed by atoms with E-state index in [2.05, 4.69) is 30.6 Å². The van der Waals surface area contributed by atoms with Gasteiger partial charge in [-0.05, 0) is 24.1 Å². The zero-order chi connectivity index (χ0) is 17.3. The van der Waals surface area contributed by atoms with E-state index in [1.54, 1.807) is 12.4 Å². The van der Waals surface area contributed by atoms with Crippen LogP contribution in [0.15, 0.2) is 54.9 Å². The quantitative estimate of drug-likeness (QED) is 0.654. The molecule has 2 N–H and O–H groups in total. The van der Waals surface area contributed by atoms with Crippen LogP contribution in [-0.4, -0.2) is 26.5 Å². The van der Waals surface area contributed by atoms with Crippen molar-refractivity contribution >= 4 is 11.9 Å². The van der Waals surface area contributed by atoms with Gasteiger partial charge >= 0.3 is 6.01 Å². The fourth-order valence-electron chi connectivity index (χ4n) is 2.17. The Morgan fingerprint density at radius 1 is 0.840 bits per heavy atom. The zero-order valence-electron chi connectivity index (χ0n) is 14.0. The molecule has 2 aromatic heterocycles. The van der Waals surface area contributed by atoms with Crippen LogP contribution < -0.4 is 15.4 Å². The molecule has 0 aliphatic rings. The smallest absolute Gasteiger partial charge is 0.323 e. The number of pyridine rings is 1. The van der Waals surface area contributed by atoms with Gasteiger partial charge in [-0.15, -0.1) is 0 Å². The van der Waals surface area contributed by atoms with Gasteiger partial charge in [-0.25, -0.2) is 0 Å². The average Bonchev–Trinajstić information content (AvgIpc) is 2.67. The summed E-state index contributed by atoms with van der Waals surface area (Å²) in [5.41, 5.74) is 2.19. The number of hydrogen-bond acceptors (Lipinski definition) is 7. The summed E-state index contributed by atoms with van der Waals surface area (Å²) >= 11 is 0. The van der Waals surface area contributed by atoms with E-state index in [1.807, 2.05) is 49.4 Å². The largest absolute Gasteiger partial charge is 0.464 e. The molecule has 3 rings (SSSR count). The van der Waals surface area contributed by atoms with Crippen molar-refractivity contribution in [2.75, 3.05) is 17.2 Å². The number of rotatable bonds is 8. The maximum Gasteiger partial charge on any atom is 0.323 e. The minimum atomic E-state index is 0.293. The van der Waals surface area contributed by atoms with E-state index >= 15 is 0 Å². The molecule has 1 aromatic carbocycles. The first-order valence-corrected chi connectivity index (χ1v) is 8.13. The molecule has 0 atom stereocenters. The summed E-state index contributed by atoms with van der Waals surface area (Å²) in [6, 6.07) is 14.2. The van der Waals surface area contributed by atoms with Crippen LogP contribution in [0.2, 0.25) is 0 Å². The molecule has 0 radical (unpaired) electrons. The van der Waals surface area contributed by atoms with Crippen molar-refractivity contribution in [3.05, 3.63) is 66.0 Å². The molecule has 0 aliphatic carbocycles. The van der Waals surface area contributed by atoms with E-state index in [0.29, 0.717) is 37.6 Å². The summed E-state index contributed by atoms with van der Waals surface area (Å²) in [5.74, 6) is 0.925. The standard InChI is InChI=1S/C18H20N6O/c1-2-25-18-23-16(20-12-14-7-4-3-5-8-14)22-17(24-18)21-13-15-9-6-10-19-11-15/h3-11H,2,12-13H2,1H3,(H2,20,21,22,23,24). The van der Waals surface area contributed by atoms with Crippen molar-refractivity contribution in [2.24, 2.45) is 0 Å². The second-order valence-corrected chi connectivity index (χ2v) is 5.25. The molecule has 2 heterocycles. The first kappa shape index (κ1) is 16.6. The Morgan fingerprint density at radius 3 is 2.16 bits per heavy atom. The van der Waals surface area contributed by atoms with E-state index in [-0.39, 0.29) is 0 Å². The lowest BCUT2D eigenvalue weighted by Crippen LogP contribution is -2.11. The minimum absolute atomic E-state index is 0.293. The molecule has 0 spiro atoms. The summed E-state index contributed by atoms with van der Waals surface area (Å²) in [7, 11) is 0. The van der Waals surface area contributed by atoms with E-state index in [4.69, 9.17) is 4.74 Å². The van der Waals surface area contributed by atoms with Gasteiger partial charge in [-0.2, -0.15) is 15.0 Å². The van der Waals surface area contributed by atoms with Gasteiger partial charge in [0.2, 0.25) is 11.9 Å². The Kier molecular flexibility index (Phi) is 5.71.